The van der Waals surface area contributed by atoms with E-state index in [2.05, 4.69) is 0 Å². The lowest BCUT2D eigenvalue weighted by Crippen LogP contribution is -2.12. The zero-order valence-corrected chi connectivity index (χ0v) is 14.2. The fraction of sp³-hybridized carbons (Fsp3) is 0.368. The molecule has 1 saturated heterocycles. The second kappa shape index (κ2) is 5.65. The molecular weight excluding hydrogens is 324 g/mol. The van der Waals surface area contributed by atoms with Crippen molar-refractivity contribution in [2.45, 2.75) is 32.7 Å². The third kappa shape index (κ3) is 2.40. The predicted molar refractivity (Wildman–Crippen MR) is 86.6 cm³/mol. The van der Waals surface area contributed by atoms with Gasteiger partial charge in [-0.1, -0.05) is 6.07 Å². The van der Waals surface area contributed by atoms with Gasteiger partial charge in [0, 0.05) is 23.1 Å². The molecule has 0 bridgehead atoms. The van der Waals surface area contributed by atoms with Gasteiger partial charge in [-0.2, -0.15) is 0 Å². The molecule has 0 amide bonds. The standard InChI is InChI=1S/C19H18O6/c1-9-4-5-14(22-3)16-11(9)7-12-13(19(21)25-17(12)16)8-23-15-6-10(2)18(20)24-15/h4-6,8,12,15,17H,7H2,1-3H3/t12-,15+,17+/m0/s1. The average Bonchev–Trinajstić information content (AvgIpc) is 3.19. The summed E-state index contributed by atoms with van der Waals surface area (Å²) < 4.78 is 21.5. The summed E-state index contributed by atoms with van der Waals surface area (Å²) in [5, 5.41) is 0. The number of hydrogen-bond donors (Lipinski definition) is 0. The minimum Gasteiger partial charge on any atom is -0.496 e. The summed E-state index contributed by atoms with van der Waals surface area (Å²) in [4.78, 5) is 23.7. The summed E-state index contributed by atoms with van der Waals surface area (Å²) in [6, 6.07) is 3.90. The van der Waals surface area contributed by atoms with Crippen LogP contribution >= 0.6 is 0 Å². The van der Waals surface area contributed by atoms with Crippen LogP contribution < -0.4 is 4.74 Å². The molecule has 3 aliphatic rings. The first-order valence-electron chi connectivity index (χ1n) is 8.12. The molecule has 1 aromatic carbocycles. The summed E-state index contributed by atoms with van der Waals surface area (Å²) in [5.74, 6) is -0.218. The van der Waals surface area contributed by atoms with E-state index in [1.807, 2.05) is 19.1 Å². The molecule has 1 fully saturated rings. The third-order valence-electron chi connectivity index (χ3n) is 4.97. The zero-order valence-electron chi connectivity index (χ0n) is 14.2. The van der Waals surface area contributed by atoms with E-state index in [-0.39, 0.29) is 12.0 Å². The second-order valence-corrected chi connectivity index (χ2v) is 6.45. The van der Waals surface area contributed by atoms with Crippen LogP contribution in [-0.2, 0) is 30.2 Å². The van der Waals surface area contributed by atoms with Crippen molar-refractivity contribution in [1.82, 2.24) is 0 Å². The lowest BCUT2D eigenvalue weighted by Gasteiger charge is -2.13. The molecule has 130 valence electrons. The second-order valence-electron chi connectivity index (χ2n) is 6.45. The van der Waals surface area contributed by atoms with E-state index >= 15 is 0 Å². The molecule has 0 unspecified atom stereocenters. The smallest absolute Gasteiger partial charge is 0.338 e. The molecule has 6 nitrogen and oxygen atoms in total. The van der Waals surface area contributed by atoms with Gasteiger partial charge in [0.1, 0.15) is 11.9 Å². The lowest BCUT2D eigenvalue weighted by molar-refractivity contribution is -0.152. The molecule has 3 atom stereocenters. The van der Waals surface area contributed by atoms with Crippen LogP contribution in [0.2, 0.25) is 0 Å². The van der Waals surface area contributed by atoms with E-state index < -0.39 is 18.2 Å². The van der Waals surface area contributed by atoms with Crippen LogP contribution in [0.1, 0.15) is 29.7 Å². The van der Waals surface area contributed by atoms with Crippen molar-refractivity contribution in [2.24, 2.45) is 5.92 Å². The molecule has 25 heavy (non-hydrogen) atoms. The van der Waals surface area contributed by atoms with E-state index in [0.717, 1.165) is 22.4 Å². The minimum absolute atomic E-state index is 0.125. The summed E-state index contributed by atoms with van der Waals surface area (Å²) in [7, 11) is 1.61. The van der Waals surface area contributed by atoms with E-state index in [1.54, 1.807) is 20.1 Å². The van der Waals surface area contributed by atoms with Crippen molar-refractivity contribution in [2.75, 3.05) is 7.11 Å². The Morgan fingerprint density at radius 2 is 1.96 bits per heavy atom. The summed E-state index contributed by atoms with van der Waals surface area (Å²) in [5.41, 5.74) is 4.17. The third-order valence-corrected chi connectivity index (χ3v) is 4.97. The Bertz CT molecular complexity index is 835. The number of carbonyl (C=O) groups is 2. The molecule has 0 saturated carbocycles. The Balaban J connectivity index is 1.61. The Kier molecular flexibility index (Phi) is 3.56. The molecule has 0 spiro atoms. The lowest BCUT2D eigenvalue weighted by atomic mass is 9.97. The zero-order chi connectivity index (χ0) is 17.7. The summed E-state index contributed by atoms with van der Waals surface area (Å²) >= 11 is 0. The molecule has 0 N–H and O–H groups in total. The topological polar surface area (TPSA) is 71.1 Å². The van der Waals surface area contributed by atoms with Gasteiger partial charge in [-0.25, -0.2) is 9.59 Å². The van der Waals surface area contributed by atoms with Crippen molar-refractivity contribution in [1.29, 1.82) is 0 Å². The number of cyclic esters (lactones) is 1. The normalized spacial score (nSPS) is 28.4. The molecule has 2 aliphatic heterocycles. The number of fused-ring (bicyclic) bond motifs is 3. The quantitative estimate of drug-likeness (QED) is 0.477. The first-order valence-corrected chi connectivity index (χ1v) is 8.12. The molecule has 6 heteroatoms. The molecular formula is C19H18O6. The van der Waals surface area contributed by atoms with Crippen molar-refractivity contribution in [3.05, 3.63) is 52.3 Å². The van der Waals surface area contributed by atoms with Crippen LogP contribution in [0.3, 0.4) is 0 Å². The highest BCUT2D eigenvalue weighted by Crippen LogP contribution is 2.51. The largest absolute Gasteiger partial charge is 0.496 e. The Morgan fingerprint density at radius 1 is 1.16 bits per heavy atom. The van der Waals surface area contributed by atoms with Crippen LogP contribution in [0.4, 0.5) is 0 Å². The van der Waals surface area contributed by atoms with E-state index in [9.17, 15) is 9.59 Å². The fourth-order valence-corrected chi connectivity index (χ4v) is 3.64. The van der Waals surface area contributed by atoms with Crippen LogP contribution in [0.5, 0.6) is 5.75 Å². The van der Waals surface area contributed by atoms with Crippen LogP contribution in [0.25, 0.3) is 0 Å². The highest BCUT2D eigenvalue weighted by Gasteiger charge is 2.48. The molecule has 2 heterocycles. The first-order chi connectivity index (χ1) is 12.0. The number of esters is 2. The molecule has 1 aromatic rings. The minimum atomic E-state index is -0.799. The highest BCUT2D eigenvalue weighted by molar-refractivity contribution is 5.92. The van der Waals surface area contributed by atoms with Gasteiger partial charge in [-0.3, -0.25) is 0 Å². The van der Waals surface area contributed by atoms with E-state index in [0.29, 0.717) is 17.6 Å². The maximum atomic E-state index is 12.3. The number of aryl methyl sites for hydroxylation is 1. The van der Waals surface area contributed by atoms with Gasteiger partial charge in [-0.05, 0) is 37.5 Å². The van der Waals surface area contributed by atoms with Gasteiger partial charge >= 0.3 is 11.9 Å². The number of rotatable bonds is 3. The maximum absolute atomic E-state index is 12.3. The van der Waals surface area contributed by atoms with Gasteiger partial charge in [0.2, 0.25) is 0 Å². The number of benzene rings is 1. The van der Waals surface area contributed by atoms with E-state index in [1.165, 1.54) is 6.26 Å². The van der Waals surface area contributed by atoms with Gasteiger partial charge in [0.15, 0.2) is 0 Å². The number of carbonyl (C=O) groups excluding carboxylic acids is 2. The monoisotopic (exact) mass is 342 g/mol. The summed E-state index contributed by atoms with van der Waals surface area (Å²) in [6.45, 7) is 3.69. The average molecular weight is 342 g/mol. The van der Waals surface area contributed by atoms with Crippen molar-refractivity contribution in [3.8, 4) is 5.75 Å². The maximum Gasteiger partial charge on any atom is 0.338 e. The van der Waals surface area contributed by atoms with E-state index in [4.69, 9.17) is 18.9 Å². The Morgan fingerprint density at radius 3 is 2.64 bits per heavy atom. The first kappa shape index (κ1) is 15.7. The molecule has 1 aliphatic carbocycles. The number of hydrogen-bond acceptors (Lipinski definition) is 6. The van der Waals surface area contributed by atoms with Crippen LogP contribution in [-0.4, -0.2) is 25.3 Å². The van der Waals surface area contributed by atoms with Gasteiger partial charge in [0.05, 0.1) is 18.9 Å². The van der Waals surface area contributed by atoms with Crippen molar-refractivity contribution < 1.29 is 28.5 Å². The van der Waals surface area contributed by atoms with Gasteiger partial charge < -0.3 is 18.9 Å². The SMILES string of the molecule is COc1ccc(C)c2c1[C@@H]1OC(=O)C(=CO[C@H]3C=C(C)C(=O)O3)[C@@H]1C2. The predicted octanol–water partition coefficient (Wildman–Crippen LogP) is 2.50. The molecule has 0 radical (unpaired) electrons. The molecule has 0 aromatic heterocycles. The number of methoxy groups -OCH3 is 1. The highest BCUT2D eigenvalue weighted by atomic mass is 16.7. The van der Waals surface area contributed by atoms with Crippen LogP contribution in [0, 0.1) is 12.8 Å². The number of ether oxygens (including phenoxy) is 4. The fourth-order valence-electron chi connectivity index (χ4n) is 3.64. The van der Waals surface area contributed by atoms with Gasteiger partial charge in [-0.15, -0.1) is 0 Å². The Labute approximate surface area is 145 Å². The van der Waals surface area contributed by atoms with Crippen molar-refractivity contribution >= 4 is 11.9 Å². The van der Waals surface area contributed by atoms with Crippen molar-refractivity contribution in [3.63, 3.8) is 0 Å². The van der Waals surface area contributed by atoms with Crippen LogP contribution in [0.15, 0.2) is 35.6 Å². The molecule has 4 rings (SSSR count). The summed E-state index contributed by atoms with van der Waals surface area (Å²) in [6.07, 6.45) is 2.47. The Hall–Kier alpha value is -2.76. The van der Waals surface area contributed by atoms with Gasteiger partial charge in [0.25, 0.3) is 6.29 Å².